The van der Waals surface area contributed by atoms with Crippen molar-refractivity contribution in [2.45, 2.75) is 25.4 Å². The Morgan fingerprint density at radius 3 is 2.76 bits per heavy atom. The van der Waals surface area contributed by atoms with Crippen LogP contribution in [0, 0.1) is 11.6 Å². The van der Waals surface area contributed by atoms with E-state index in [1.165, 1.54) is 17.7 Å². The van der Waals surface area contributed by atoms with Gasteiger partial charge in [-0.25, -0.2) is 8.78 Å². The summed E-state index contributed by atoms with van der Waals surface area (Å²) in [7, 11) is 0. The van der Waals surface area contributed by atoms with Crippen LogP contribution in [-0.4, -0.2) is 42.2 Å². The van der Waals surface area contributed by atoms with Gasteiger partial charge in [-0.2, -0.15) is 0 Å². The zero-order valence-electron chi connectivity index (χ0n) is 14.1. The zero-order valence-corrected chi connectivity index (χ0v) is 14.1. The molecule has 1 N–H and O–H groups in total. The first-order valence-corrected chi connectivity index (χ1v) is 8.63. The van der Waals surface area contributed by atoms with Gasteiger partial charge in [0.25, 0.3) is 0 Å². The molecular formula is C19H23F2N3O. The second-order valence-electron chi connectivity index (χ2n) is 6.29. The van der Waals surface area contributed by atoms with E-state index in [1.807, 2.05) is 12.3 Å². The normalized spacial score (nSPS) is 16.1. The van der Waals surface area contributed by atoms with Crippen molar-refractivity contribution in [3.05, 3.63) is 59.9 Å². The molecule has 3 rings (SSSR count). The summed E-state index contributed by atoms with van der Waals surface area (Å²) in [6, 6.07) is 7.87. The third-order valence-corrected chi connectivity index (χ3v) is 4.40. The molecular weight excluding hydrogens is 324 g/mol. The number of halogens is 2. The molecule has 25 heavy (non-hydrogen) atoms. The molecule has 0 radical (unpaired) electrons. The molecule has 0 spiro atoms. The third-order valence-electron chi connectivity index (χ3n) is 4.40. The molecule has 6 heteroatoms. The third kappa shape index (κ3) is 5.47. The fourth-order valence-corrected chi connectivity index (χ4v) is 3.06. The summed E-state index contributed by atoms with van der Waals surface area (Å²) in [6.07, 6.45) is 5.85. The van der Waals surface area contributed by atoms with Crippen LogP contribution in [0.15, 0.2) is 42.7 Å². The number of nitrogens with zero attached hydrogens (tertiary/aromatic N) is 2. The molecule has 0 unspecified atom stereocenters. The summed E-state index contributed by atoms with van der Waals surface area (Å²) in [5.41, 5.74) is 1.24. The predicted molar refractivity (Wildman–Crippen MR) is 92.4 cm³/mol. The van der Waals surface area contributed by atoms with Crippen molar-refractivity contribution in [1.29, 1.82) is 0 Å². The van der Waals surface area contributed by atoms with Crippen molar-refractivity contribution in [2.24, 2.45) is 0 Å². The number of benzene rings is 1. The highest BCUT2D eigenvalue weighted by Gasteiger charge is 2.18. The number of ether oxygens (including phenoxy) is 1. The first-order chi connectivity index (χ1) is 12.2. The number of nitrogens with one attached hydrogen (secondary N) is 1. The molecule has 2 heterocycles. The molecule has 1 aromatic carbocycles. The van der Waals surface area contributed by atoms with Crippen LogP contribution in [0.5, 0.6) is 5.75 Å². The lowest BCUT2D eigenvalue weighted by molar-refractivity contribution is 0.185. The monoisotopic (exact) mass is 347 g/mol. The number of pyridine rings is 1. The van der Waals surface area contributed by atoms with E-state index in [1.54, 1.807) is 6.20 Å². The van der Waals surface area contributed by atoms with Crippen LogP contribution in [0.25, 0.3) is 0 Å². The second-order valence-corrected chi connectivity index (χ2v) is 6.29. The van der Waals surface area contributed by atoms with Crippen LogP contribution in [0.4, 0.5) is 8.78 Å². The molecule has 0 aliphatic carbocycles. The fraction of sp³-hybridized carbons (Fsp3) is 0.421. The Hall–Kier alpha value is -2.05. The number of hydrogen-bond donors (Lipinski definition) is 1. The van der Waals surface area contributed by atoms with E-state index in [-0.39, 0.29) is 5.75 Å². The molecule has 1 aliphatic rings. The first kappa shape index (κ1) is 17.8. The SMILES string of the molecule is Fc1ccc(OCCNC2CCN(Cc3cccnc3)CC2)c(F)c1. The Morgan fingerprint density at radius 2 is 2.04 bits per heavy atom. The van der Waals surface area contributed by atoms with Gasteiger partial charge in [0, 0.05) is 37.6 Å². The molecule has 4 nitrogen and oxygen atoms in total. The summed E-state index contributed by atoms with van der Waals surface area (Å²) in [5.74, 6) is -1.17. The van der Waals surface area contributed by atoms with Crippen molar-refractivity contribution in [1.82, 2.24) is 15.2 Å². The highest BCUT2D eigenvalue weighted by Crippen LogP contribution is 2.17. The second kappa shape index (κ2) is 8.87. The standard InChI is InChI=1S/C19H23F2N3O/c20-16-3-4-19(18(21)12-16)25-11-8-23-17-5-9-24(10-6-17)14-15-2-1-7-22-13-15/h1-4,7,12-13,17,23H,5-6,8-11,14H2. The van der Waals surface area contributed by atoms with Gasteiger partial charge in [-0.1, -0.05) is 6.07 Å². The lowest BCUT2D eigenvalue weighted by Gasteiger charge is -2.32. The van der Waals surface area contributed by atoms with Gasteiger partial charge < -0.3 is 10.1 Å². The molecule has 0 atom stereocenters. The lowest BCUT2D eigenvalue weighted by atomic mass is 10.0. The average Bonchev–Trinajstić information content (AvgIpc) is 2.62. The molecule has 0 bridgehead atoms. The van der Waals surface area contributed by atoms with Gasteiger partial charge in [-0.15, -0.1) is 0 Å². The van der Waals surface area contributed by atoms with Gasteiger partial charge in [0.2, 0.25) is 0 Å². The maximum atomic E-state index is 13.5. The molecule has 1 saturated heterocycles. The maximum Gasteiger partial charge on any atom is 0.167 e. The summed E-state index contributed by atoms with van der Waals surface area (Å²) in [4.78, 5) is 6.58. The van der Waals surface area contributed by atoms with Crippen LogP contribution < -0.4 is 10.1 Å². The topological polar surface area (TPSA) is 37.4 Å². The van der Waals surface area contributed by atoms with Crippen LogP contribution >= 0.6 is 0 Å². The molecule has 134 valence electrons. The lowest BCUT2D eigenvalue weighted by Crippen LogP contribution is -2.43. The van der Waals surface area contributed by atoms with Crippen molar-refractivity contribution in [3.8, 4) is 5.75 Å². The highest BCUT2D eigenvalue weighted by atomic mass is 19.1. The number of rotatable bonds is 7. The Balaban J connectivity index is 1.33. The number of aromatic nitrogens is 1. The molecule has 1 aromatic heterocycles. The number of hydrogen-bond acceptors (Lipinski definition) is 4. The molecule has 0 saturated carbocycles. The zero-order chi connectivity index (χ0) is 17.5. The fourth-order valence-electron chi connectivity index (χ4n) is 3.06. The predicted octanol–water partition coefficient (Wildman–Crippen LogP) is 2.99. The molecule has 1 aliphatic heterocycles. The van der Waals surface area contributed by atoms with Crippen LogP contribution in [0.1, 0.15) is 18.4 Å². The summed E-state index contributed by atoms with van der Waals surface area (Å²) in [5, 5.41) is 3.45. The summed E-state index contributed by atoms with van der Waals surface area (Å²) >= 11 is 0. The van der Waals surface area contributed by atoms with E-state index < -0.39 is 11.6 Å². The molecule has 1 fully saturated rings. The van der Waals surface area contributed by atoms with E-state index in [2.05, 4.69) is 21.3 Å². The minimum Gasteiger partial charge on any atom is -0.489 e. The largest absolute Gasteiger partial charge is 0.489 e. The first-order valence-electron chi connectivity index (χ1n) is 8.63. The summed E-state index contributed by atoms with van der Waals surface area (Å²) < 4.78 is 31.7. The molecule has 0 amide bonds. The van der Waals surface area contributed by atoms with Gasteiger partial charge >= 0.3 is 0 Å². The Kier molecular flexibility index (Phi) is 6.30. The Labute approximate surface area is 146 Å². The van der Waals surface area contributed by atoms with E-state index in [4.69, 9.17) is 4.74 Å². The van der Waals surface area contributed by atoms with Crippen LogP contribution in [0.3, 0.4) is 0 Å². The molecule has 2 aromatic rings. The minimum atomic E-state index is -0.663. The van der Waals surface area contributed by atoms with Crippen molar-refractivity contribution >= 4 is 0 Å². The van der Waals surface area contributed by atoms with E-state index >= 15 is 0 Å². The number of piperidine rings is 1. The van der Waals surface area contributed by atoms with Crippen LogP contribution in [0.2, 0.25) is 0 Å². The van der Waals surface area contributed by atoms with E-state index in [0.717, 1.165) is 38.5 Å². The van der Waals surface area contributed by atoms with Crippen molar-refractivity contribution < 1.29 is 13.5 Å². The number of likely N-dealkylation sites (tertiary alicyclic amines) is 1. The smallest absolute Gasteiger partial charge is 0.167 e. The minimum absolute atomic E-state index is 0.0921. The maximum absolute atomic E-state index is 13.5. The van der Waals surface area contributed by atoms with Crippen molar-refractivity contribution in [2.75, 3.05) is 26.2 Å². The van der Waals surface area contributed by atoms with E-state index in [9.17, 15) is 8.78 Å². The van der Waals surface area contributed by atoms with Gasteiger partial charge in [-0.3, -0.25) is 9.88 Å². The quantitative estimate of drug-likeness (QED) is 0.782. The van der Waals surface area contributed by atoms with Gasteiger partial charge in [-0.05, 0) is 49.7 Å². The van der Waals surface area contributed by atoms with Gasteiger partial charge in [0.05, 0.1) is 0 Å². The van der Waals surface area contributed by atoms with Crippen molar-refractivity contribution in [3.63, 3.8) is 0 Å². The average molecular weight is 347 g/mol. The van der Waals surface area contributed by atoms with Crippen LogP contribution in [-0.2, 0) is 6.54 Å². The Bertz CT molecular complexity index is 661. The highest BCUT2D eigenvalue weighted by molar-refractivity contribution is 5.24. The van der Waals surface area contributed by atoms with Gasteiger partial charge in [0.15, 0.2) is 11.6 Å². The Morgan fingerprint density at radius 1 is 1.20 bits per heavy atom. The van der Waals surface area contributed by atoms with E-state index in [0.29, 0.717) is 19.2 Å². The van der Waals surface area contributed by atoms with Gasteiger partial charge in [0.1, 0.15) is 12.4 Å². The summed E-state index contributed by atoms with van der Waals surface area (Å²) in [6.45, 7) is 4.02.